The zero-order valence-corrected chi connectivity index (χ0v) is 16.6. The average molecular weight is 397 g/mol. The summed E-state index contributed by atoms with van der Waals surface area (Å²) < 4.78 is 1.73. The summed E-state index contributed by atoms with van der Waals surface area (Å²) in [6, 6.07) is 15.7. The van der Waals surface area contributed by atoms with Crippen molar-refractivity contribution < 1.29 is 4.79 Å². The summed E-state index contributed by atoms with van der Waals surface area (Å²) in [5.41, 5.74) is 10.9. The molecule has 1 fully saturated rings. The number of carbonyl (C=O) groups excluding carboxylic acids is 1. The molecule has 1 aliphatic rings. The summed E-state index contributed by atoms with van der Waals surface area (Å²) in [7, 11) is 0. The molecule has 6 heteroatoms. The van der Waals surface area contributed by atoms with Crippen molar-refractivity contribution in [3.63, 3.8) is 0 Å². The third-order valence-corrected chi connectivity index (χ3v) is 5.96. The molecule has 6 nitrogen and oxygen atoms in total. The molecule has 4 aromatic rings. The first-order valence-electron chi connectivity index (χ1n) is 10.3. The number of hydrogen-bond donors (Lipinski definition) is 1. The van der Waals surface area contributed by atoms with Crippen LogP contribution in [0.15, 0.2) is 67.1 Å². The Morgan fingerprint density at radius 1 is 1.10 bits per heavy atom. The first-order chi connectivity index (χ1) is 14.7. The molecule has 1 aromatic carbocycles. The Labute approximate surface area is 174 Å². The fraction of sp³-hybridized carbons (Fsp3) is 0.250. The van der Waals surface area contributed by atoms with E-state index in [0.29, 0.717) is 23.3 Å². The minimum Gasteiger partial charge on any atom is -0.327 e. The molecule has 30 heavy (non-hydrogen) atoms. The van der Waals surface area contributed by atoms with Gasteiger partial charge in [0.25, 0.3) is 0 Å². The van der Waals surface area contributed by atoms with Gasteiger partial charge in [0.2, 0.25) is 0 Å². The number of pyridine rings is 1. The zero-order valence-electron chi connectivity index (χ0n) is 16.6. The summed E-state index contributed by atoms with van der Waals surface area (Å²) in [4.78, 5) is 22.2. The van der Waals surface area contributed by atoms with Gasteiger partial charge in [-0.3, -0.25) is 9.78 Å². The van der Waals surface area contributed by atoms with Gasteiger partial charge in [0.15, 0.2) is 11.4 Å². The Kier molecular flexibility index (Phi) is 4.85. The summed E-state index contributed by atoms with van der Waals surface area (Å²) in [6.07, 6.45) is 8.98. The van der Waals surface area contributed by atoms with E-state index in [1.54, 1.807) is 23.0 Å². The molecule has 0 bridgehead atoms. The Morgan fingerprint density at radius 2 is 1.97 bits per heavy atom. The average Bonchev–Trinajstić information content (AvgIpc) is 3.40. The fourth-order valence-electron chi connectivity index (χ4n) is 4.25. The molecule has 2 atom stereocenters. The maximum Gasteiger partial charge on any atom is 0.164 e. The van der Waals surface area contributed by atoms with Crippen molar-refractivity contribution in [1.82, 2.24) is 19.6 Å². The van der Waals surface area contributed by atoms with E-state index in [0.717, 1.165) is 36.1 Å². The molecule has 1 aliphatic carbocycles. The molecule has 0 aliphatic heterocycles. The maximum atomic E-state index is 12.9. The minimum atomic E-state index is 0.121. The molecule has 0 unspecified atom stereocenters. The molecule has 1 saturated carbocycles. The number of fused-ring (bicyclic) bond motifs is 1. The van der Waals surface area contributed by atoms with E-state index in [1.165, 1.54) is 0 Å². The van der Waals surface area contributed by atoms with Crippen LogP contribution in [0.2, 0.25) is 0 Å². The lowest BCUT2D eigenvalue weighted by Crippen LogP contribution is -2.26. The highest BCUT2D eigenvalue weighted by Gasteiger charge is 2.26. The highest BCUT2D eigenvalue weighted by atomic mass is 16.1. The predicted octanol–water partition coefficient (Wildman–Crippen LogP) is 4.16. The van der Waals surface area contributed by atoms with Crippen molar-refractivity contribution in [3.8, 4) is 22.5 Å². The molecule has 0 amide bonds. The minimum absolute atomic E-state index is 0.121. The van der Waals surface area contributed by atoms with Crippen LogP contribution in [-0.2, 0) is 0 Å². The van der Waals surface area contributed by atoms with Crippen LogP contribution in [0.25, 0.3) is 28.2 Å². The zero-order chi connectivity index (χ0) is 20.5. The molecule has 3 heterocycles. The van der Waals surface area contributed by atoms with Gasteiger partial charge < -0.3 is 5.73 Å². The molecule has 2 N–H and O–H groups in total. The number of aromatic nitrogens is 4. The molecular formula is C24H23N5O. The van der Waals surface area contributed by atoms with Crippen molar-refractivity contribution in [1.29, 1.82) is 0 Å². The van der Waals surface area contributed by atoms with Crippen molar-refractivity contribution >= 4 is 11.4 Å². The van der Waals surface area contributed by atoms with Crippen LogP contribution in [0.3, 0.4) is 0 Å². The quantitative estimate of drug-likeness (QED) is 0.511. The van der Waals surface area contributed by atoms with Crippen molar-refractivity contribution in [2.24, 2.45) is 11.7 Å². The number of nitrogens with two attached hydrogens (primary N) is 1. The van der Waals surface area contributed by atoms with E-state index in [4.69, 9.17) is 10.7 Å². The van der Waals surface area contributed by atoms with E-state index in [1.807, 2.05) is 48.7 Å². The Morgan fingerprint density at radius 3 is 2.77 bits per heavy atom. The smallest absolute Gasteiger partial charge is 0.164 e. The molecule has 0 saturated heterocycles. The van der Waals surface area contributed by atoms with Gasteiger partial charge in [0.1, 0.15) is 0 Å². The SMILES string of the molecule is N[C@H]1CCC[C@H]1CC(=O)c1ccnc(-c2cnn3ccc(-c4ccccc4)nc23)c1. The van der Waals surface area contributed by atoms with Crippen LogP contribution in [-0.4, -0.2) is 31.4 Å². The lowest BCUT2D eigenvalue weighted by molar-refractivity contribution is 0.0958. The van der Waals surface area contributed by atoms with E-state index < -0.39 is 0 Å². The van der Waals surface area contributed by atoms with Gasteiger partial charge in [-0.1, -0.05) is 36.8 Å². The second-order valence-electron chi connectivity index (χ2n) is 7.92. The van der Waals surface area contributed by atoms with Crippen molar-refractivity contribution in [2.75, 3.05) is 0 Å². The third-order valence-electron chi connectivity index (χ3n) is 5.96. The largest absolute Gasteiger partial charge is 0.327 e. The van der Waals surface area contributed by atoms with Crippen molar-refractivity contribution in [3.05, 3.63) is 72.7 Å². The number of nitrogens with zero attached hydrogens (tertiary/aromatic N) is 4. The van der Waals surface area contributed by atoms with Gasteiger partial charge in [0.05, 0.1) is 23.1 Å². The number of benzene rings is 1. The standard InChI is InChI=1S/C24H23N5O/c25-20-8-4-7-17(20)14-23(30)18-9-11-26-22(13-18)19-15-27-29-12-10-21(28-24(19)29)16-5-2-1-3-6-16/h1-3,5-6,9-13,15,17,20H,4,7-8,14,25H2/t17-,20-/m0/s1. The Hall–Kier alpha value is -3.38. The number of rotatable bonds is 5. The number of Topliss-reactive ketones (excluding diaryl/α,β-unsaturated/α-hetero) is 1. The van der Waals surface area contributed by atoms with Gasteiger partial charge in [-0.15, -0.1) is 0 Å². The summed E-state index contributed by atoms with van der Waals surface area (Å²) >= 11 is 0. The van der Waals surface area contributed by atoms with E-state index >= 15 is 0 Å². The van der Waals surface area contributed by atoms with Crippen molar-refractivity contribution in [2.45, 2.75) is 31.7 Å². The molecule has 3 aromatic heterocycles. The Balaban J connectivity index is 1.48. The first-order valence-corrected chi connectivity index (χ1v) is 10.3. The Bertz CT molecular complexity index is 1200. The monoisotopic (exact) mass is 397 g/mol. The highest BCUT2D eigenvalue weighted by molar-refractivity contribution is 5.97. The van der Waals surface area contributed by atoms with E-state index in [9.17, 15) is 4.79 Å². The number of ketones is 1. The van der Waals surface area contributed by atoms with Crippen LogP contribution < -0.4 is 5.73 Å². The maximum absolute atomic E-state index is 12.9. The van der Waals surface area contributed by atoms with Gasteiger partial charge >= 0.3 is 0 Å². The van der Waals surface area contributed by atoms with Crippen LogP contribution in [0.4, 0.5) is 0 Å². The summed E-state index contributed by atoms with van der Waals surface area (Å²) in [5, 5.41) is 4.41. The topological polar surface area (TPSA) is 86.2 Å². The summed E-state index contributed by atoms with van der Waals surface area (Å²) in [5.74, 6) is 0.400. The second kappa shape index (κ2) is 7.80. The molecule has 5 rings (SSSR count). The lowest BCUT2D eigenvalue weighted by Gasteiger charge is -2.14. The van der Waals surface area contributed by atoms with Gasteiger partial charge in [0, 0.05) is 36.0 Å². The van der Waals surface area contributed by atoms with Crippen LogP contribution in [0.1, 0.15) is 36.0 Å². The normalized spacial score (nSPS) is 18.7. The second-order valence-corrected chi connectivity index (χ2v) is 7.92. The first kappa shape index (κ1) is 18.6. The van der Waals surface area contributed by atoms with Gasteiger partial charge in [-0.05, 0) is 37.0 Å². The van der Waals surface area contributed by atoms with E-state index in [-0.39, 0.29) is 17.7 Å². The van der Waals surface area contributed by atoms with Crippen LogP contribution in [0.5, 0.6) is 0 Å². The lowest BCUT2D eigenvalue weighted by atomic mass is 9.94. The number of hydrogen-bond acceptors (Lipinski definition) is 5. The van der Waals surface area contributed by atoms with Gasteiger partial charge in [-0.25, -0.2) is 9.50 Å². The van der Waals surface area contributed by atoms with Crippen LogP contribution >= 0.6 is 0 Å². The highest BCUT2D eigenvalue weighted by Crippen LogP contribution is 2.29. The van der Waals surface area contributed by atoms with Crippen LogP contribution in [0, 0.1) is 5.92 Å². The predicted molar refractivity (Wildman–Crippen MR) is 116 cm³/mol. The summed E-state index contributed by atoms with van der Waals surface area (Å²) in [6.45, 7) is 0. The molecule has 0 radical (unpaired) electrons. The molecule has 150 valence electrons. The number of carbonyl (C=O) groups is 1. The molecular weight excluding hydrogens is 374 g/mol. The molecule has 0 spiro atoms. The van der Waals surface area contributed by atoms with Gasteiger partial charge in [-0.2, -0.15) is 5.10 Å². The third kappa shape index (κ3) is 3.50. The van der Waals surface area contributed by atoms with E-state index in [2.05, 4.69) is 10.1 Å². The fourth-order valence-corrected chi connectivity index (χ4v) is 4.25.